The number of aryl methyl sites for hydroxylation is 1. The summed E-state index contributed by atoms with van der Waals surface area (Å²) in [5.41, 5.74) is 3.61. The zero-order valence-electron chi connectivity index (χ0n) is 11.9. The van der Waals surface area contributed by atoms with E-state index in [0.29, 0.717) is 6.61 Å². The van der Waals surface area contributed by atoms with Crippen LogP contribution in [-0.2, 0) is 14.9 Å². The van der Waals surface area contributed by atoms with Gasteiger partial charge in [-0.1, -0.05) is 44.5 Å². The van der Waals surface area contributed by atoms with Crippen LogP contribution in [0.15, 0.2) is 24.3 Å². The molecule has 0 aliphatic rings. The van der Waals surface area contributed by atoms with Gasteiger partial charge in [-0.2, -0.15) is 0 Å². The van der Waals surface area contributed by atoms with E-state index >= 15 is 0 Å². The van der Waals surface area contributed by atoms with Gasteiger partial charge in [-0.25, -0.2) is 4.79 Å². The molecule has 0 heterocycles. The van der Waals surface area contributed by atoms with E-state index in [1.54, 1.807) is 13.0 Å². The minimum absolute atomic E-state index is 0.110. The lowest BCUT2D eigenvalue weighted by Gasteiger charge is -2.20. The molecule has 0 saturated carbocycles. The molecule has 98 valence electrons. The first kappa shape index (κ1) is 14.5. The zero-order valence-corrected chi connectivity index (χ0v) is 11.9. The molecule has 0 aliphatic heterocycles. The number of esters is 1. The van der Waals surface area contributed by atoms with Crippen molar-refractivity contribution in [3.05, 3.63) is 41.0 Å². The van der Waals surface area contributed by atoms with Gasteiger partial charge < -0.3 is 4.74 Å². The Hall–Kier alpha value is -1.57. The first-order valence-electron chi connectivity index (χ1n) is 6.30. The third kappa shape index (κ3) is 4.36. The second-order valence-corrected chi connectivity index (χ2v) is 5.47. The lowest BCUT2D eigenvalue weighted by atomic mass is 9.85. The van der Waals surface area contributed by atoms with Crippen LogP contribution >= 0.6 is 0 Å². The standard InChI is InChI=1S/C16H22O2/c1-6-18-15(17)8-7-13-9-12(2)10-14(11-13)16(3,4)5/h7-11H,6H2,1-5H3/b8-7+. The molecule has 0 amide bonds. The molecule has 0 saturated heterocycles. The number of rotatable bonds is 3. The maximum atomic E-state index is 11.3. The van der Waals surface area contributed by atoms with E-state index in [9.17, 15) is 4.79 Å². The van der Waals surface area contributed by atoms with Crippen LogP contribution < -0.4 is 0 Å². The number of carbonyl (C=O) groups is 1. The molecule has 0 atom stereocenters. The van der Waals surface area contributed by atoms with Crippen molar-refractivity contribution in [2.45, 2.75) is 40.0 Å². The largest absolute Gasteiger partial charge is 0.463 e. The first-order chi connectivity index (χ1) is 8.32. The third-order valence-corrected chi connectivity index (χ3v) is 2.66. The molecular formula is C16H22O2. The number of carbonyl (C=O) groups excluding carboxylic acids is 1. The van der Waals surface area contributed by atoms with Crippen LogP contribution in [0.4, 0.5) is 0 Å². The van der Waals surface area contributed by atoms with Crippen LogP contribution in [0.3, 0.4) is 0 Å². The van der Waals surface area contributed by atoms with Gasteiger partial charge in [0.05, 0.1) is 6.61 Å². The fourth-order valence-corrected chi connectivity index (χ4v) is 1.70. The highest BCUT2D eigenvalue weighted by atomic mass is 16.5. The second kappa shape index (κ2) is 5.85. The molecule has 0 spiro atoms. The van der Waals surface area contributed by atoms with Gasteiger partial charge in [0.25, 0.3) is 0 Å². The average molecular weight is 246 g/mol. The summed E-state index contributed by atoms with van der Waals surface area (Å²) >= 11 is 0. The second-order valence-electron chi connectivity index (χ2n) is 5.47. The van der Waals surface area contributed by atoms with Crippen LogP contribution in [0, 0.1) is 6.92 Å². The maximum Gasteiger partial charge on any atom is 0.330 e. The van der Waals surface area contributed by atoms with Crippen LogP contribution in [0.25, 0.3) is 6.08 Å². The van der Waals surface area contributed by atoms with Gasteiger partial charge >= 0.3 is 5.97 Å². The molecule has 1 rings (SSSR count). The van der Waals surface area contributed by atoms with E-state index in [2.05, 4.69) is 45.9 Å². The van der Waals surface area contributed by atoms with Crippen molar-refractivity contribution in [3.63, 3.8) is 0 Å². The predicted molar refractivity (Wildman–Crippen MR) is 75.5 cm³/mol. The summed E-state index contributed by atoms with van der Waals surface area (Å²) in [4.78, 5) is 11.3. The molecule has 0 N–H and O–H groups in total. The highest BCUT2D eigenvalue weighted by molar-refractivity contribution is 5.87. The van der Waals surface area contributed by atoms with Crippen molar-refractivity contribution < 1.29 is 9.53 Å². The van der Waals surface area contributed by atoms with Crippen molar-refractivity contribution in [1.82, 2.24) is 0 Å². The fraction of sp³-hybridized carbons (Fsp3) is 0.438. The van der Waals surface area contributed by atoms with Gasteiger partial charge in [0.2, 0.25) is 0 Å². The Morgan fingerprint density at radius 3 is 2.50 bits per heavy atom. The summed E-state index contributed by atoms with van der Waals surface area (Å²) in [6.07, 6.45) is 3.28. The number of benzene rings is 1. The Labute approximate surface area is 110 Å². The van der Waals surface area contributed by atoms with Crippen LogP contribution in [0.5, 0.6) is 0 Å². The Kier molecular flexibility index (Phi) is 4.71. The van der Waals surface area contributed by atoms with E-state index in [1.165, 1.54) is 17.2 Å². The average Bonchev–Trinajstić information content (AvgIpc) is 2.25. The highest BCUT2D eigenvalue weighted by Gasteiger charge is 2.14. The lowest BCUT2D eigenvalue weighted by Crippen LogP contribution is -2.11. The third-order valence-electron chi connectivity index (χ3n) is 2.66. The van der Waals surface area contributed by atoms with Gasteiger partial charge in [-0.3, -0.25) is 0 Å². The zero-order chi connectivity index (χ0) is 13.8. The molecular weight excluding hydrogens is 224 g/mol. The van der Waals surface area contributed by atoms with Crippen LogP contribution in [-0.4, -0.2) is 12.6 Å². The molecule has 18 heavy (non-hydrogen) atoms. The number of hydrogen-bond acceptors (Lipinski definition) is 2. The van der Waals surface area contributed by atoms with Gasteiger partial charge in [0.15, 0.2) is 0 Å². The first-order valence-corrected chi connectivity index (χ1v) is 6.30. The van der Waals surface area contributed by atoms with E-state index < -0.39 is 0 Å². The van der Waals surface area contributed by atoms with Crippen molar-refractivity contribution >= 4 is 12.0 Å². The predicted octanol–water partition coefficient (Wildman–Crippen LogP) is 3.87. The molecule has 0 unspecified atom stereocenters. The van der Waals surface area contributed by atoms with E-state index in [-0.39, 0.29) is 11.4 Å². The Bertz CT molecular complexity index is 451. The van der Waals surface area contributed by atoms with Gasteiger partial charge in [-0.05, 0) is 36.5 Å². The molecule has 1 aromatic rings. The van der Waals surface area contributed by atoms with E-state index in [1.807, 2.05) is 0 Å². The van der Waals surface area contributed by atoms with Crippen molar-refractivity contribution in [2.75, 3.05) is 6.61 Å². The van der Waals surface area contributed by atoms with Crippen molar-refractivity contribution in [1.29, 1.82) is 0 Å². The minimum Gasteiger partial charge on any atom is -0.463 e. The molecule has 0 aromatic heterocycles. The summed E-state index contributed by atoms with van der Waals surface area (Å²) in [5.74, 6) is -0.295. The van der Waals surface area contributed by atoms with Crippen molar-refractivity contribution in [3.8, 4) is 0 Å². The molecule has 1 aromatic carbocycles. The fourth-order valence-electron chi connectivity index (χ4n) is 1.70. The topological polar surface area (TPSA) is 26.3 Å². The Morgan fingerprint density at radius 2 is 1.94 bits per heavy atom. The quantitative estimate of drug-likeness (QED) is 0.598. The Morgan fingerprint density at radius 1 is 1.28 bits per heavy atom. The van der Waals surface area contributed by atoms with Gasteiger partial charge in [-0.15, -0.1) is 0 Å². The van der Waals surface area contributed by atoms with Gasteiger partial charge in [0.1, 0.15) is 0 Å². The van der Waals surface area contributed by atoms with Crippen molar-refractivity contribution in [2.24, 2.45) is 0 Å². The molecule has 0 aliphatic carbocycles. The summed E-state index contributed by atoms with van der Waals surface area (Å²) in [6.45, 7) is 10.8. The molecule has 0 bridgehead atoms. The van der Waals surface area contributed by atoms with Crippen LogP contribution in [0.1, 0.15) is 44.4 Å². The molecule has 2 heteroatoms. The summed E-state index contributed by atoms with van der Waals surface area (Å²) in [7, 11) is 0. The lowest BCUT2D eigenvalue weighted by molar-refractivity contribution is -0.137. The maximum absolute atomic E-state index is 11.3. The number of hydrogen-bond donors (Lipinski definition) is 0. The van der Waals surface area contributed by atoms with E-state index in [4.69, 9.17) is 4.74 Å². The van der Waals surface area contributed by atoms with E-state index in [0.717, 1.165) is 5.56 Å². The smallest absolute Gasteiger partial charge is 0.330 e. The van der Waals surface area contributed by atoms with Gasteiger partial charge in [0, 0.05) is 6.08 Å². The normalized spacial score (nSPS) is 11.8. The molecule has 2 nitrogen and oxygen atoms in total. The SMILES string of the molecule is CCOC(=O)/C=C/c1cc(C)cc(C(C)(C)C)c1. The summed E-state index contributed by atoms with van der Waals surface area (Å²) < 4.78 is 4.87. The number of ether oxygens (including phenoxy) is 1. The monoisotopic (exact) mass is 246 g/mol. The molecule has 0 fully saturated rings. The highest BCUT2D eigenvalue weighted by Crippen LogP contribution is 2.24. The minimum atomic E-state index is -0.295. The Balaban J connectivity index is 2.97. The van der Waals surface area contributed by atoms with Crippen LogP contribution in [0.2, 0.25) is 0 Å². The summed E-state index contributed by atoms with van der Waals surface area (Å²) in [5, 5.41) is 0. The molecule has 0 radical (unpaired) electrons. The summed E-state index contributed by atoms with van der Waals surface area (Å²) in [6, 6.07) is 6.36.